The first-order chi connectivity index (χ1) is 12.2. The SMILES string of the molecule is CCc1[nH]nc(C(=O)N[C@@H]2CCOC[C@H]2OCc2ccccc2)c1C. The maximum absolute atomic E-state index is 12.6. The molecule has 1 fully saturated rings. The highest BCUT2D eigenvalue weighted by Gasteiger charge is 2.29. The standard InChI is InChI=1S/C19H25N3O3/c1-3-15-13(2)18(22-21-15)19(23)20-16-9-10-24-12-17(16)25-11-14-7-5-4-6-8-14/h4-8,16-17H,3,9-12H2,1-2H3,(H,20,23)(H,21,22)/t16-,17-/m1/s1. The number of hydrogen-bond acceptors (Lipinski definition) is 4. The number of ether oxygens (including phenoxy) is 2. The Hall–Kier alpha value is -2.18. The number of carbonyl (C=O) groups excluding carboxylic acids is 1. The number of carbonyl (C=O) groups is 1. The van der Waals surface area contributed by atoms with Crippen LogP contribution in [0.5, 0.6) is 0 Å². The molecule has 2 heterocycles. The van der Waals surface area contributed by atoms with E-state index in [1.807, 2.05) is 44.2 Å². The van der Waals surface area contributed by atoms with E-state index in [1.165, 1.54) is 0 Å². The van der Waals surface area contributed by atoms with Gasteiger partial charge in [0.25, 0.3) is 5.91 Å². The maximum Gasteiger partial charge on any atom is 0.272 e. The Labute approximate surface area is 147 Å². The van der Waals surface area contributed by atoms with Crippen molar-refractivity contribution in [1.82, 2.24) is 15.5 Å². The Morgan fingerprint density at radius 2 is 2.20 bits per heavy atom. The summed E-state index contributed by atoms with van der Waals surface area (Å²) in [5.41, 5.74) is 3.47. The smallest absolute Gasteiger partial charge is 0.272 e. The van der Waals surface area contributed by atoms with Crippen molar-refractivity contribution in [2.24, 2.45) is 0 Å². The summed E-state index contributed by atoms with van der Waals surface area (Å²) in [6, 6.07) is 9.92. The molecular formula is C19H25N3O3. The third-order valence-electron chi connectivity index (χ3n) is 4.61. The summed E-state index contributed by atoms with van der Waals surface area (Å²) in [6.07, 6.45) is 1.39. The third kappa shape index (κ3) is 4.27. The quantitative estimate of drug-likeness (QED) is 0.844. The van der Waals surface area contributed by atoms with E-state index in [-0.39, 0.29) is 18.1 Å². The molecule has 0 bridgehead atoms. The minimum absolute atomic E-state index is 0.0776. The number of hydrogen-bond donors (Lipinski definition) is 2. The van der Waals surface area contributed by atoms with Gasteiger partial charge in [0, 0.05) is 17.9 Å². The molecule has 0 spiro atoms. The molecule has 134 valence electrons. The summed E-state index contributed by atoms with van der Waals surface area (Å²) in [4.78, 5) is 12.6. The van der Waals surface area contributed by atoms with Gasteiger partial charge in [-0.25, -0.2) is 0 Å². The van der Waals surface area contributed by atoms with E-state index in [1.54, 1.807) is 0 Å². The molecular weight excluding hydrogens is 318 g/mol. The van der Waals surface area contributed by atoms with E-state index in [4.69, 9.17) is 9.47 Å². The van der Waals surface area contributed by atoms with Crippen molar-refractivity contribution >= 4 is 5.91 Å². The van der Waals surface area contributed by atoms with Crippen molar-refractivity contribution in [2.75, 3.05) is 13.2 Å². The third-order valence-corrected chi connectivity index (χ3v) is 4.61. The Balaban J connectivity index is 1.62. The topological polar surface area (TPSA) is 76.2 Å². The van der Waals surface area contributed by atoms with E-state index in [9.17, 15) is 4.79 Å². The molecule has 2 aromatic rings. The summed E-state index contributed by atoms with van der Waals surface area (Å²) in [7, 11) is 0. The van der Waals surface area contributed by atoms with E-state index < -0.39 is 0 Å². The number of amides is 1. The van der Waals surface area contributed by atoms with Crippen LogP contribution >= 0.6 is 0 Å². The zero-order valence-electron chi connectivity index (χ0n) is 14.7. The normalized spacial score (nSPS) is 20.4. The molecule has 3 rings (SSSR count). The maximum atomic E-state index is 12.6. The Morgan fingerprint density at radius 1 is 1.40 bits per heavy atom. The van der Waals surface area contributed by atoms with E-state index >= 15 is 0 Å². The summed E-state index contributed by atoms with van der Waals surface area (Å²) in [6.45, 7) is 5.56. The first-order valence-electron chi connectivity index (χ1n) is 8.77. The van der Waals surface area contributed by atoms with Crippen LogP contribution in [0.2, 0.25) is 0 Å². The molecule has 1 aromatic carbocycles. The van der Waals surface area contributed by atoms with Crippen molar-refractivity contribution in [3.05, 3.63) is 52.8 Å². The summed E-state index contributed by atoms with van der Waals surface area (Å²) < 4.78 is 11.5. The molecule has 1 aliphatic rings. The number of aromatic amines is 1. The predicted octanol–water partition coefficient (Wildman–Crippen LogP) is 2.38. The van der Waals surface area contributed by atoms with Gasteiger partial charge in [-0.1, -0.05) is 37.3 Å². The van der Waals surface area contributed by atoms with Gasteiger partial charge in [-0.2, -0.15) is 5.10 Å². The van der Waals surface area contributed by atoms with Gasteiger partial charge in [0.1, 0.15) is 6.10 Å². The molecule has 0 saturated carbocycles. The molecule has 6 heteroatoms. The fraction of sp³-hybridized carbons (Fsp3) is 0.474. The van der Waals surface area contributed by atoms with Crippen LogP contribution in [0.15, 0.2) is 30.3 Å². The number of H-pyrrole nitrogens is 1. The molecule has 1 amide bonds. The van der Waals surface area contributed by atoms with E-state index in [2.05, 4.69) is 15.5 Å². The number of aromatic nitrogens is 2. The lowest BCUT2D eigenvalue weighted by Gasteiger charge is -2.32. The number of benzene rings is 1. The zero-order valence-corrected chi connectivity index (χ0v) is 14.7. The van der Waals surface area contributed by atoms with Crippen molar-refractivity contribution in [3.8, 4) is 0 Å². The average Bonchev–Trinajstić information content (AvgIpc) is 3.02. The molecule has 0 unspecified atom stereocenters. The van der Waals surface area contributed by atoms with Crippen LogP contribution in [0.1, 0.15) is 40.7 Å². The van der Waals surface area contributed by atoms with Crippen LogP contribution in [0, 0.1) is 6.92 Å². The van der Waals surface area contributed by atoms with Gasteiger partial charge in [-0.15, -0.1) is 0 Å². The van der Waals surface area contributed by atoms with Crippen LogP contribution < -0.4 is 5.32 Å². The second-order valence-electron chi connectivity index (χ2n) is 6.31. The lowest BCUT2D eigenvalue weighted by molar-refractivity contribution is -0.0736. The Bertz CT molecular complexity index is 699. The van der Waals surface area contributed by atoms with Crippen LogP contribution in [0.3, 0.4) is 0 Å². The van der Waals surface area contributed by atoms with Crippen molar-refractivity contribution in [2.45, 2.75) is 45.4 Å². The van der Waals surface area contributed by atoms with Crippen molar-refractivity contribution in [3.63, 3.8) is 0 Å². The van der Waals surface area contributed by atoms with Gasteiger partial charge in [-0.3, -0.25) is 9.89 Å². The fourth-order valence-electron chi connectivity index (χ4n) is 3.05. The Kier molecular flexibility index (Phi) is 5.83. The molecule has 1 saturated heterocycles. The van der Waals surface area contributed by atoms with E-state index in [0.29, 0.717) is 25.5 Å². The lowest BCUT2D eigenvalue weighted by Crippen LogP contribution is -2.50. The molecule has 0 aliphatic carbocycles. The van der Waals surface area contributed by atoms with Crippen LogP contribution in [0.4, 0.5) is 0 Å². The average molecular weight is 343 g/mol. The van der Waals surface area contributed by atoms with Gasteiger partial charge in [0.15, 0.2) is 5.69 Å². The minimum atomic E-state index is -0.164. The lowest BCUT2D eigenvalue weighted by atomic mass is 10.0. The van der Waals surface area contributed by atoms with Crippen LogP contribution in [-0.2, 0) is 22.5 Å². The highest BCUT2D eigenvalue weighted by atomic mass is 16.5. The number of nitrogens with one attached hydrogen (secondary N) is 2. The Morgan fingerprint density at radius 3 is 2.92 bits per heavy atom. The van der Waals surface area contributed by atoms with Crippen LogP contribution in [-0.4, -0.2) is 41.5 Å². The number of rotatable bonds is 6. The first-order valence-corrected chi connectivity index (χ1v) is 8.77. The van der Waals surface area contributed by atoms with Gasteiger partial charge >= 0.3 is 0 Å². The van der Waals surface area contributed by atoms with Crippen LogP contribution in [0.25, 0.3) is 0 Å². The van der Waals surface area contributed by atoms with Gasteiger partial charge in [0.2, 0.25) is 0 Å². The molecule has 1 aromatic heterocycles. The molecule has 2 N–H and O–H groups in total. The van der Waals surface area contributed by atoms with Gasteiger partial charge < -0.3 is 14.8 Å². The van der Waals surface area contributed by atoms with Gasteiger partial charge in [-0.05, 0) is 25.3 Å². The predicted molar refractivity (Wildman–Crippen MR) is 94.4 cm³/mol. The number of aryl methyl sites for hydroxylation is 1. The molecule has 6 nitrogen and oxygen atoms in total. The van der Waals surface area contributed by atoms with Crippen molar-refractivity contribution < 1.29 is 14.3 Å². The minimum Gasteiger partial charge on any atom is -0.379 e. The first kappa shape index (κ1) is 17.6. The largest absolute Gasteiger partial charge is 0.379 e. The van der Waals surface area contributed by atoms with E-state index in [0.717, 1.165) is 29.7 Å². The second kappa shape index (κ2) is 8.27. The van der Waals surface area contributed by atoms with Gasteiger partial charge in [0.05, 0.1) is 19.3 Å². The summed E-state index contributed by atoms with van der Waals surface area (Å²) in [5.74, 6) is -0.159. The highest BCUT2D eigenvalue weighted by Crippen LogP contribution is 2.16. The molecule has 25 heavy (non-hydrogen) atoms. The fourth-order valence-corrected chi connectivity index (χ4v) is 3.05. The molecule has 2 atom stereocenters. The summed E-state index contributed by atoms with van der Waals surface area (Å²) in [5, 5.41) is 10.2. The highest BCUT2D eigenvalue weighted by molar-refractivity contribution is 5.94. The van der Waals surface area contributed by atoms with Crippen molar-refractivity contribution in [1.29, 1.82) is 0 Å². The monoisotopic (exact) mass is 343 g/mol. The number of nitrogens with zero attached hydrogens (tertiary/aromatic N) is 1. The second-order valence-corrected chi connectivity index (χ2v) is 6.31. The summed E-state index contributed by atoms with van der Waals surface area (Å²) >= 11 is 0. The molecule has 1 aliphatic heterocycles. The zero-order chi connectivity index (χ0) is 17.6. The molecule has 0 radical (unpaired) electrons.